The molecule has 0 aliphatic carbocycles. The Balaban J connectivity index is 2.10. The lowest BCUT2D eigenvalue weighted by molar-refractivity contribution is 0.338. The maximum atomic E-state index is 5.77. The van der Waals surface area contributed by atoms with Gasteiger partial charge in [0, 0.05) is 24.4 Å². The van der Waals surface area contributed by atoms with Gasteiger partial charge in [-0.05, 0) is 31.5 Å². The highest BCUT2D eigenvalue weighted by Gasteiger charge is 2.03. The molecule has 2 aromatic rings. The van der Waals surface area contributed by atoms with E-state index in [0.717, 1.165) is 11.3 Å². The monoisotopic (exact) mass is 258 g/mol. The summed E-state index contributed by atoms with van der Waals surface area (Å²) in [6, 6.07) is 11.2. The van der Waals surface area contributed by atoms with Gasteiger partial charge in [-0.25, -0.2) is 4.98 Å². The Morgan fingerprint density at radius 3 is 2.63 bits per heavy atom. The van der Waals surface area contributed by atoms with Crippen LogP contribution in [0.15, 0.2) is 42.6 Å². The molecule has 1 atom stereocenters. The molecule has 0 radical (unpaired) electrons. The van der Waals surface area contributed by atoms with Crippen molar-refractivity contribution in [2.75, 3.05) is 6.61 Å². The van der Waals surface area contributed by atoms with Crippen LogP contribution in [-0.2, 0) is 0 Å². The SMILES string of the molecule is CCOc1cccc(Oc2ccc([C@H](C)N)cn2)c1. The molecule has 100 valence electrons. The van der Waals surface area contributed by atoms with E-state index in [2.05, 4.69) is 4.98 Å². The van der Waals surface area contributed by atoms with Crippen LogP contribution in [0.3, 0.4) is 0 Å². The van der Waals surface area contributed by atoms with Gasteiger partial charge in [-0.15, -0.1) is 0 Å². The number of aromatic nitrogens is 1. The molecule has 2 rings (SSSR count). The Hall–Kier alpha value is -2.07. The van der Waals surface area contributed by atoms with Gasteiger partial charge in [0.1, 0.15) is 11.5 Å². The second-order valence-corrected chi connectivity index (χ2v) is 4.23. The van der Waals surface area contributed by atoms with Crippen LogP contribution in [0.25, 0.3) is 0 Å². The minimum atomic E-state index is -0.0252. The number of nitrogens with zero attached hydrogens (tertiary/aromatic N) is 1. The first-order valence-electron chi connectivity index (χ1n) is 6.31. The Kier molecular flexibility index (Phi) is 4.36. The van der Waals surface area contributed by atoms with Gasteiger partial charge < -0.3 is 15.2 Å². The third-order valence-electron chi connectivity index (χ3n) is 2.62. The van der Waals surface area contributed by atoms with Crippen molar-refractivity contribution in [1.29, 1.82) is 0 Å². The minimum Gasteiger partial charge on any atom is -0.494 e. The van der Waals surface area contributed by atoms with Gasteiger partial charge in [-0.1, -0.05) is 12.1 Å². The van der Waals surface area contributed by atoms with Gasteiger partial charge in [-0.2, -0.15) is 0 Å². The Bertz CT molecular complexity index is 524. The molecular weight excluding hydrogens is 240 g/mol. The zero-order chi connectivity index (χ0) is 13.7. The number of rotatable bonds is 5. The van der Waals surface area contributed by atoms with E-state index in [1.807, 2.05) is 50.2 Å². The number of nitrogens with two attached hydrogens (primary N) is 1. The molecule has 4 heteroatoms. The number of hydrogen-bond donors (Lipinski definition) is 1. The molecule has 0 saturated carbocycles. The Morgan fingerprint density at radius 2 is 2.00 bits per heavy atom. The van der Waals surface area contributed by atoms with E-state index in [1.165, 1.54) is 0 Å². The topological polar surface area (TPSA) is 57.4 Å². The van der Waals surface area contributed by atoms with Crippen LogP contribution in [0, 0.1) is 0 Å². The third kappa shape index (κ3) is 3.69. The summed E-state index contributed by atoms with van der Waals surface area (Å²) < 4.78 is 11.1. The summed E-state index contributed by atoms with van der Waals surface area (Å²) in [5.74, 6) is 2.03. The van der Waals surface area contributed by atoms with Crippen molar-refractivity contribution in [2.24, 2.45) is 5.73 Å². The Labute approximate surface area is 113 Å². The fourth-order valence-electron chi connectivity index (χ4n) is 1.64. The van der Waals surface area contributed by atoms with E-state index in [-0.39, 0.29) is 6.04 Å². The first kappa shape index (κ1) is 13.4. The normalized spacial score (nSPS) is 11.9. The summed E-state index contributed by atoms with van der Waals surface area (Å²) in [6.45, 7) is 4.50. The lowest BCUT2D eigenvalue weighted by Crippen LogP contribution is -2.05. The molecule has 0 unspecified atom stereocenters. The van der Waals surface area contributed by atoms with E-state index >= 15 is 0 Å². The molecule has 1 aromatic carbocycles. The third-order valence-corrected chi connectivity index (χ3v) is 2.62. The van der Waals surface area contributed by atoms with Gasteiger partial charge in [0.2, 0.25) is 5.88 Å². The average Bonchev–Trinajstić information content (AvgIpc) is 2.40. The van der Waals surface area contributed by atoms with E-state index in [1.54, 1.807) is 6.20 Å². The number of pyridine rings is 1. The molecule has 1 heterocycles. The number of hydrogen-bond acceptors (Lipinski definition) is 4. The first-order valence-corrected chi connectivity index (χ1v) is 6.31. The van der Waals surface area contributed by atoms with Gasteiger partial charge >= 0.3 is 0 Å². The zero-order valence-corrected chi connectivity index (χ0v) is 11.2. The van der Waals surface area contributed by atoms with E-state index in [0.29, 0.717) is 18.2 Å². The number of ether oxygens (including phenoxy) is 2. The van der Waals surface area contributed by atoms with E-state index < -0.39 is 0 Å². The van der Waals surface area contributed by atoms with Crippen LogP contribution < -0.4 is 15.2 Å². The summed E-state index contributed by atoms with van der Waals surface area (Å²) in [7, 11) is 0. The van der Waals surface area contributed by atoms with Gasteiger partial charge in [-0.3, -0.25) is 0 Å². The minimum absolute atomic E-state index is 0.0252. The molecule has 2 N–H and O–H groups in total. The second kappa shape index (κ2) is 6.20. The molecule has 1 aromatic heterocycles. The Morgan fingerprint density at radius 1 is 1.21 bits per heavy atom. The van der Waals surface area contributed by atoms with Crippen molar-refractivity contribution in [3.05, 3.63) is 48.2 Å². The highest BCUT2D eigenvalue weighted by atomic mass is 16.5. The molecule has 0 spiro atoms. The van der Waals surface area contributed by atoms with Crippen molar-refractivity contribution < 1.29 is 9.47 Å². The summed E-state index contributed by atoms with van der Waals surface area (Å²) in [5.41, 5.74) is 6.75. The van der Waals surface area contributed by atoms with Crippen molar-refractivity contribution in [3.63, 3.8) is 0 Å². The summed E-state index contributed by atoms with van der Waals surface area (Å²) >= 11 is 0. The van der Waals surface area contributed by atoms with Crippen molar-refractivity contribution >= 4 is 0 Å². The predicted molar refractivity (Wildman–Crippen MR) is 74.5 cm³/mol. The predicted octanol–water partition coefficient (Wildman–Crippen LogP) is 3.29. The maximum absolute atomic E-state index is 5.77. The molecular formula is C15H18N2O2. The van der Waals surface area contributed by atoms with Crippen LogP contribution in [0.4, 0.5) is 0 Å². The van der Waals surface area contributed by atoms with Crippen LogP contribution in [0.2, 0.25) is 0 Å². The van der Waals surface area contributed by atoms with Crippen LogP contribution >= 0.6 is 0 Å². The molecule has 19 heavy (non-hydrogen) atoms. The average molecular weight is 258 g/mol. The van der Waals surface area contributed by atoms with E-state index in [4.69, 9.17) is 15.2 Å². The molecule has 0 amide bonds. The van der Waals surface area contributed by atoms with Crippen molar-refractivity contribution in [3.8, 4) is 17.4 Å². The summed E-state index contributed by atoms with van der Waals surface area (Å²) in [5, 5.41) is 0. The maximum Gasteiger partial charge on any atom is 0.219 e. The quantitative estimate of drug-likeness (QED) is 0.894. The highest BCUT2D eigenvalue weighted by Crippen LogP contribution is 2.24. The number of benzene rings is 1. The second-order valence-electron chi connectivity index (χ2n) is 4.23. The van der Waals surface area contributed by atoms with Crippen molar-refractivity contribution in [1.82, 2.24) is 4.98 Å². The molecule has 0 saturated heterocycles. The van der Waals surface area contributed by atoms with Gasteiger partial charge in [0.05, 0.1) is 6.61 Å². The molecule has 0 aliphatic rings. The summed E-state index contributed by atoms with van der Waals surface area (Å²) in [6.07, 6.45) is 1.73. The lowest BCUT2D eigenvalue weighted by atomic mass is 10.2. The van der Waals surface area contributed by atoms with Crippen molar-refractivity contribution in [2.45, 2.75) is 19.9 Å². The van der Waals surface area contributed by atoms with Crippen LogP contribution in [-0.4, -0.2) is 11.6 Å². The zero-order valence-electron chi connectivity index (χ0n) is 11.2. The standard InChI is InChI=1S/C15H18N2O2/c1-3-18-13-5-4-6-14(9-13)19-15-8-7-12(10-17-15)11(2)16/h4-11H,3,16H2,1-2H3/t11-/m0/s1. The largest absolute Gasteiger partial charge is 0.494 e. The molecule has 0 fully saturated rings. The highest BCUT2D eigenvalue weighted by molar-refractivity contribution is 5.35. The van der Waals surface area contributed by atoms with Crippen LogP contribution in [0.1, 0.15) is 25.5 Å². The molecule has 4 nitrogen and oxygen atoms in total. The summed E-state index contributed by atoms with van der Waals surface area (Å²) in [4.78, 5) is 4.23. The van der Waals surface area contributed by atoms with Gasteiger partial charge in [0.15, 0.2) is 0 Å². The van der Waals surface area contributed by atoms with Gasteiger partial charge in [0.25, 0.3) is 0 Å². The molecule has 0 bridgehead atoms. The van der Waals surface area contributed by atoms with E-state index in [9.17, 15) is 0 Å². The lowest BCUT2D eigenvalue weighted by Gasteiger charge is -2.09. The van der Waals surface area contributed by atoms with Crippen LogP contribution in [0.5, 0.6) is 17.4 Å². The first-order chi connectivity index (χ1) is 9.19. The fraction of sp³-hybridized carbons (Fsp3) is 0.267. The molecule has 0 aliphatic heterocycles. The smallest absolute Gasteiger partial charge is 0.219 e. The fourth-order valence-corrected chi connectivity index (χ4v) is 1.64.